The van der Waals surface area contributed by atoms with E-state index in [1.807, 2.05) is 0 Å². The van der Waals surface area contributed by atoms with Gasteiger partial charge in [0.2, 0.25) is 0 Å². The Kier molecular flexibility index (Phi) is 5.86. The summed E-state index contributed by atoms with van der Waals surface area (Å²) in [5, 5.41) is 3.54. The van der Waals surface area contributed by atoms with Crippen LogP contribution in [0.4, 0.5) is 0 Å². The van der Waals surface area contributed by atoms with E-state index in [1.165, 1.54) is 0 Å². The van der Waals surface area contributed by atoms with E-state index in [9.17, 15) is 0 Å². The molecule has 0 aromatic carbocycles. The number of rotatable bonds is 5. The maximum atomic E-state index is 6.19. The first-order valence-corrected chi connectivity index (χ1v) is 7.20. The highest BCUT2D eigenvalue weighted by atomic mass is 15.1. The van der Waals surface area contributed by atoms with Gasteiger partial charge in [-0.3, -0.25) is 4.99 Å². The molecule has 1 aliphatic rings. The summed E-state index contributed by atoms with van der Waals surface area (Å²) < 4.78 is 0. The van der Waals surface area contributed by atoms with Gasteiger partial charge in [0, 0.05) is 12.5 Å². The average molecular weight is 251 g/mol. The van der Waals surface area contributed by atoms with Crippen LogP contribution >= 0.6 is 0 Å². The molecule has 3 nitrogen and oxygen atoms in total. The van der Waals surface area contributed by atoms with Crippen molar-refractivity contribution in [2.45, 2.75) is 53.1 Å². The Balaban J connectivity index is 2.81. The molecule has 3 atom stereocenters. The van der Waals surface area contributed by atoms with Crippen LogP contribution in [0.3, 0.4) is 0 Å². The third kappa shape index (κ3) is 3.84. The highest BCUT2D eigenvalue weighted by Gasteiger charge is 2.29. The fourth-order valence-electron chi connectivity index (χ4n) is 2.26. The molecule has 0 radical (unpaired) electrons. The fraction of sp³-hybridized carbons (Fsp3) is 0.800. The lowest BCUT2D eigenvalue weighted by atomic mass is 9.86. The zero-order valence-corrected chi connectivity index (χ0v) is 12.5. The van der Waals surface area contributed by atoms with Gasteiger partial charge in [-0.15, -0.1) is 0 Å². The number of nitrogens with two attached hydrogens (primary N) is 1. The summed E-state index contributed by atoms with van der Waals surface area (Å²) in [6.45, 7) is 11.9. The van der Waals surface area contributed by atoms with E-state index < -0.39 is 0 Å². The molecule has 3 heteroatoms. The van der Waals surface area contributed by atoms with E-state index in [-0.39, 0.29) is 6.04 Å². The second-order valence-corrected chi connectivity index (χ2v) is 5.91. The smallest absolute Gasteiger partial charge is 0.114 e. The lowest BCUT2D eigenvalue weighted by Gasteiger charge is -2.35. The van der Waals surface area contributed by atoms with Crippen LogP contribution in [0.15, 0.2) is 17.1 Å². The predicted octanol–water partition coefficient (Wildman–Crippen LogP) is 2.58. The Bertz CT molecular complexity index is 305. The summed E-state index contributed by atoms with van der Waals surface area (Å²) in [5.41, 5.74) is 6.19. The molecule has 1 aliphatic heterocycles. The summed E-state index contributed by atoms with van der Waals surface area (Å²) >= 11 is 0. The highest BCUT2D eigenvalue weighted by Crippen LogP contribution is 2.21. The van der Waals surface area contributed by atoms with E-state index in [4.69, 9.17) is 5.73 Å². The molecular weight excluding hydrogens is 222 g/mol. The van der Waals surface area contributed by atoms with Crippen molar-refractivity contribution in [1.29, 1.82) is 0 Å². The molecule has 1 unspecified atom stereocenters. The van der Waals surface area contributed by atoms with Gasteiger partial charge < -0.3 is 11.1 Å². The van der Waals surface area contributed by atoms with E-state index in [2.05, 4.69) is 57.1 Å². The van der Waals surface area contributed by atoms with Crippen molar-refractivity contribution >= 4 is 5.84 Å². The van der Waals surface area contributed by atoms with Crippen LogP contribution < -0.4 is 11.1 Å². The molecule has 0 spiro atoms. The molecule has 0 bridgehead atoms. The molecule has 0 saturated carbocycles. The summed E-state index contributed by atoms with van der Waals surface area (Å²) in [6.07, 6.45) is 5.59. The summed E-state index contributed by atoms with van der Waals surface area (Å²) in [7, 11) is 0. The Labute approximate surface area is 112 Å². The first kappa shape index (κ1) is 15.2. The molecule has 0 aromatic rings. The van der Waals surface area contributed by atoms with Crippen LogP contribution in [-0.4, -0.2) is 24.5 Å². The number of nitrogens with one attached hydrogen (secondary N) is 1. The van der Waals surface area contributed by atoms with Crippen molar-refractivity contribution in [3.63, 3.8) is 0 Å². The van der Waals surface area contributed by atoms with E-state index in [0.29, 0.717) is 23.8 Å². The molecular formula is C15H29N3. The van der Waals surface area contributed by atoms with E-state index >= 15 is 0 Å². The van der Waals surface area contributed by atoms with Gasteiger partial charge in [-0.25, -0.2) is 0 Å². The third-order valence-corrected chi connectivity index (χ3v) is 3.72. The van der Waals surface area contributed by atoms with Gasteiger partial charge in [-0.2, -0.15) is 0 Å². The van der Waals surface area contributed by atoms with Gasteiger partial charge in [0.1, 0.15) is 5.84 Å². The monoisotopic (exact) mass is 251 g/mol. The minimum atomic E-state index is 0.0237. The number of nitrogens with zero attached hydrogens (tertiary/aromatic N) is 1. The minimum absolute atomic E-state index is 0.0237. The Morgan fingerprint density at radius 2 is 2.06 bits per heavy atom. The van der Waals surface area contributed by atoms with Crippen molar-refractivity contribution in [2.24, 2.45) is 28.5 Å². The van der Waals surface area contributed by atoms with E-state index in [1.54, 1.807) is 0 Å². The molecule has 1 rings (SSSR count). The number of hydrogen-bond donors (Lipinski definition) is 2. The molecule has 0 aromatic heterocycles. The summed E-state index contributed by atoms with van der Waals surface area (Å²) in [5.74, 6) is 2.59. The molecule has 1 heterocycles. The number of hydrogen-bond acceptors (Lipinski definition) is 3. The van der Waals surface area contributed by atoms with Crippen LogP contribution in [0.1, 0.15) is 41.0 Å². The van der Waals surface area contributed by atoms with Crippen LogP contribution in [0.5, 0.6) is 0 Å². The zero-order chi connectivity index (χ0) is 13.7. The minimum Gasteiger partial charge on any atom is -0.366 e. The molecule has 0 fully saturated rings. The first-order chi connectivity index (χ1) is 8.47. The molecule has 0 saturated heterocycles. The topological polar surface area (TPSA) is 50.4 Å². The van der Waals surface area contributed by atoms with Crippen LogP contribution in [0, 0.1) is 17.8 Å². The lowest BCUT2D eigenvalue weighted by Crippen LogP contribution is -2.53. The standard InChI is InChI=1S/C15H29N3/c1-6-7-8-13-12(10(2)3)9-17-15(18-13)14(16)11(4)5/h7-8,10-14H,6,9,16H2,1-5H3,(H,17,18)/t12-,13?,14+/m1/s1. The Morgan fingerprint density at radius 1 is 1.39 bits per heavy atom. The zero-order valence-electron chi connectivity index (χ0n) is 12.5. The molecule has 18 heavy (non-hydrogen) atoms. The van der Waals surface area contributed by atoms with Crippen molar-refractivity contribution in [3.05, 3.63) is 12.2 Å². The lowest BCUT2D eigenvalue weighted by molar-refractivity contribution is 0.326. The second-order valence-electron chi connectivity index (χ2n) is 5.91. The molecule has 3 N–H and O–H groups in total. The third-order valence-electron chi connectivity index (χ3n) is 3.72. The highest BCUT2D eigenvalue weighted by molar-refractivity contribution is 5.88. The molecule has 104 valence electrons. The van der Waals surface area contributed by atoms with E-state index in [0.717, 1.165) is 18.8 Å². The maximum absolute atomic E-state index is 6.19. The number of amidine groups is 1. The molecule has 0 amide bonds. The average Bonchev–Trinajstić information content (AvgIpc) is 2.34. The first-order valence-electron chi connectivity index (χ1n) is 7.20. The van der Waals surface area contributed by atoms with Gasteiger partial charge in [-0.1, -0.05) is 46.8 Å². The normalized spacial score (nSPS) is 26.6. The quantitative estimate of drug-likeness (QED) is 0.738. The Hall–Kier alpha value is -0.830. The number of aliphatic imine (C=N–C) groups is 1. The van der Waals surface area contributed by atoms with Crippen molar-refractivity contribution in [2.75, 3.05) is 6.54 Å². The second kappa shape index (κ2) is 6.93. The van der Waals surface area contributed by atoms with Gasteiger partial charge >= 0.3 is 0 Å². The van der Waals surface area contributed by atoms with Crippen molar-refractivity contribution in [3.8, 4) is 0 Å². The summed E-state index contributed by atoms with van der Waals surface area (Å²) in [6, 6.07) is 0.401. The largest absolute Gasteiger partial charge is 0.366 e. The number of allylic oxidation sites excluding steroid dienone is 1. The Morgan fingerprint density at radius 3 is 2.56 bits per heavy atom. The van der Waals surface area contributed by atoms with Gasteiger partial charge in [0.15, 0.2) is 0 Å². The van der Waals surface area contributed by atoms with Crippen LogP contribution in [0.25, 0.3) is 0 Å². The maximum Gasteiger partial charge on any atom is 0.114 e. The van der Waals surface area contributed by atoms with Crippen molar-refractivity contribution < 1.29 is 0 Å². The van der Waals surface area contributed by atoms with Gasteiger partial charge in [0.05, 0.1) is 12.1 Å². The summed E-state index contributed by atoms with van der Waals surface area (Å²) in [4.78, 5) is 4.66. The molecule has 0 aliphatic carbocycles. The predicted molar refractivity (Wildman–Crippen MR) is 79.8 cm³/mol. The van der Waals surface area contributed by atoms with Crippen LogP contribution in [0.2, 0.25) is 0 Å². The van der Waals surface area contributed by atoms with Crippen LogP contribution in [-0.2, 0) is 0 Å². The SMILES string of the molecule is CCC=CC1NC([C@@H](N)C(C)C)=NC[C@@H]1C(C)C. The van der Waals surface area contributed by atoms with Gasteiger partial charge in [0.25, 0.3) is 0 Å². The fourth-order valence-corrected chi connectivity index (χ4v) is 2.26. The van der Waals surface area contributed by atoms with Gasteiger partial charge in [-0.05, 0) is 18.3 Å². The van der Waals surface area contributed by atoms with Crippen molar-refractivity contribution in [1.82, 2.24) is 5.32 Å².